The first-order chi connectivity index (χ1) is 21.0. The molecular formula is C37H46O4S2. The van der Waals surface area contributed by atoms with Crippen molar-refractivity contribution in [2.24, 2.45) is 0 Å². The lowest BCUT2D eigenvalue weighted by molar-refractivity contribution is 0.404. The highest BCUT2D eigenvalue weighted by Crippen LogP contribution is 2.36. The minimum Gasteiger partial charge on any atom is -0.744 e. The van der Waals surface area contributed by atoms with E-state index in [-0.39, 0.29) is 15.8 Å². The number of benzene rings is 4. The van der Waals surface area contributed by atoms with Gasteiger partial charge in [0.25, 0.3) is 0 Å². The molecule has 4 rings (SSSR count). The Balaban J connectivity index is 0.000000235. The van der Waals surface area contributed by atoms with Gasteiger partial charge < -0.3 is 9.29 Å². The smallest absolute Gasteiger partial charge is 0.208 e. The van der Waals surface area contributed by atoms with E-state index >= 15 is 0 Å². The largest absolute Gasteiger partial charge is 0.744 e. The highest BCUT2D eigenvalue weighted by Gasteiger charge is 2.31. The minimum atomic E-state index is -4.35. The number of para-hydroxylation sites is 1. The van der Waals surface area contributed by atoms with Crippen molar-refractivity contribution in [1.29, 1.82) is 0 Å². The molecule has 0 saturated heterocycles. The van der Waals surface area contributed by atoms with Crippen molar-refractivity contribution in [3.05, 3.63) is 115 Å². The van der Waals surface area contributed by atoms with Gasteiger partial charge in [0.1, 0.15) is 21.0 Å². The molecule has 0 radical (unpaired) electrons. The molecule has 0 atom stereocenters. The standard InChI is InChI=1S/C19H17OS.C18H30O3S/c1-20-18-14-8-9-15-19(18)21(16-10-4-2-5-11-16)17-12-6-3-7-13-17;1-2-3-4-5-6-7-8-9-10-11-14-17-15-12-13-16-18(17)22(19,20)21/h2-15H,1H3;12-13,15-16H,2-11,14H2,1H3,(H,19,20,21)/q+1;/p-1. The van der Waals surface area contributed by atoms with Gasteiger partial charge in [0.05, 0.1) is 12.0 Å². The number of ether oxygens (including phenoxy) is 1. The summed E-state index contributed by atoms with van der Waals surface area (Å²) < 4.78 is 39.1. The van der Waals surface area contributed by atoms with Gasteiger partial charge in [-0.1, -0.05) is 131 Å². The first-order valence-electron chi connectivity index (χ1n) is 15.5. The third-order valence-corrected chi connectivity index (χ3v) is 10.5. The number of rotatable bonds is 16. The van der Waals surface area contributed by atoms with Crippen molar-refractivity contribution in [1.82, 2.24) is 0 Å². The molecule has 0 fully saturated rings. The van der Waals surface area contributed by atoms with E-state index in [0.717, 1.165) is 18.6 Å². The van der Waals surface area contributed by atoms with Crippen molar-refractivity contribution in [3.63, 3.8) is 0 Å². The quantitative estimate of drug-likeness (QED) is 0.0712. The topological polar surface area (TPSA) is 66.4 Å². The van der Waals surface area contributed by atoms with Gasteiger partial charge in [-0.05, 0) is 60.9 Å². The van der Waals surface area contributed by atoms with Crippen LogP contribution in [0.5, 0.6) is 5.75 Å². The van der Waals surface area contributed by atoms with E-state index in [2.05, 4.69) is 79.7 Å². The van der Waals surface area contributed by atoms with E-state index < -0.39 is 10.1 Å². The number of hydrogen-bond donors (Lipinski definition) is 0. The second kappa shape index (κ2) is 19.3. The molecule has 0 aliphatic rings. The Kier molecular flexibility index (Phi) is 15.4. The molecule has 0 spiro atoms. The Hall–Kier alpha value is -3.06. The van der Waals surface area contributed by atoms with Crippen LogP contribution in [0, 0.1) is 0 Å². The summed E-state index contributed by atoms with van der Waals surface area (Å²) in [5, 5.41) is 0. The van der Waals surface area contributed by atoms with E-state index in [0.29, 0.717) is 12.0 Å². The van der Waals surface area contributed by atoms with Gasteiger partial charge in [-0.25, -0.2) is 8.42 Å². The van der Waals surface area contributed by atoms with Gasteiger partial charge in [0, 0.05) is 0 Å². The fraction of sp³-hybridized carbons (Fsp3) is 0.351. The first kappa shape index (κ1) is 34.4. The van der Waals surface area contributed by atoms with Crippen LogP contribution in [0.25, 0.3) is 0 Å². The summed E-state index contributed by atoms with van der Waals surface area (Å²) in [6.07, 6.45) is 13.2. The van der Waals surface area contributed by atoms with Crippen molar-refractivity contribution in [3.8, 4) is 5.75 Å². The van der Waals surface area contributed by atoms with Gasteiger partial charge in [-0.15, -0.1) is 0 Å². The number of aryl methyl sites for hydroxylation is 1. The van der Waals surface area contributed by atoms with E-state index in [1.807, 2.05) is 12.1 Å². The molecule has 4 aromatic rings. The highest BCUT2D eigenvalue weighted by molar-refractivity contribution is 7.97. The molecule has 230 valence electrons. The maximum Gasteiger partial charge on any atom is 0.208 e. The predicted octanol–water partition coefficient (Wildman–Crippen LogP) is 9.84. The fourth-order valence-electron chi connectivity index (χ4n) is 5.05. The molecule has 0 aliphatic carbocycles. The summed E-state index contributed by atoms with van der Waals surface area (Å²) in [4.78, 5) is 3.77. The van der Waals surface area contributed by atoms with Crippen LogP contribution >= 0.6 is 0 Å². The summed E-state index contributed by atoms with van der Waals surface area (Å²) in [5.41, 5.74) is 0.664. The average molecular weight is 619 g/mol. The monoisotopic (exact) mass is 618 g/mol. The van der Waals surface area contributed by atoms with Crippen LogP contribution in [0.2, 0.25) is 0 Å². The Labute approximate surface area is 262 Å². The summed E-state index contributed by atoms with van der Waals surface area (Å²) >= 11 is 0. The normalized spacial score (nSPS) is 11.2. The maximum atomic E-state index is 11.2. The summed E-state index contributed by atoms with van der Waals surface area (Å²) in [7, 11) is -2.76. The second-order valence-corrected chi connectivity index (χ2v) is 13.9. The zero-order valence-electron chi connectivity index (χ0n) is 25.6. The molecule has 0 heterocycles. The van der Waals surface area contributed by atoms with Gasteiger partial charge in [0.2, 0.25) is 4.90 Å². The van der Waals surface area contributed by atoms with Crippen molar-refractivity contribution in [2.45, 2.75) is 97.1 Å². The third kappa shape index (κ3) is 11.9. The van der Waals surface area contributed by atoms with E-state index in [4.69, 9.17) is 4.74 Å². The van der Waals surface area contributed by atoms with Crippen LogP contribution in [-0.4, -0.2) is 20.1 Å². The van der Waals surface area contributed by atoms with Crippen LogP contribution in [0.3, 0.4) is 0 Å². The molecule has 0 aliphatic heterocycles. The molecule has 0 unspecified atom stereocenters. The zero-order valence-corrected chi connectivity index (χ0v) is 27.3. The zero-order chi connectivity index (χ0) is 30.8. The third-order valence-electron chi connectivity index (χ3n) is 7.29. The first-order valence-corrected chi connectivity index (χ1v) is 18.1. The molecular weight excluding hydrogens is 573 g/mol. The minimum absolute atomic E-state index is 0.0501. The fourth-order valence-corrected chi connectivity index (χ4v) is 7.99. The maximum absolute atomic E-state index is 11.2. The molecule has 0 N–H and O–H groups in total. The van der Waals surface area contributed by atoms with Gasteiger partial charge in [-0.2, -0.15) is 0 Å². The van der Waals surface area contributed by atoms with E-state index in [1.54, 1.807) is 25.3 Å². The van der Waals surface area contributed by atoms with Crippen molar-refractivity contribution >= 4 is 21.0 Å². The predicted molar refractivity (Wildman–Crippen MR) is 178 cm³/mol. The molecule has 0 aromatic heterocycles. The summed E-state index contributed by atoms with van der Waals surface area (Å²) in [6, 6.07) is 36.0. The lowest BCUT2D eigenvalue weighted by atomic mass is 10.0. The Bertz CT molecular complexity index is 1380. The molecule has 4 nitrogen and oxygen atoms in total. The van der Waals surface area contributed by atoms with E-state index in [9.17, 15) is 13.0 Å². The van der Waals surface area contributed by atoms with Gasteiger partial charge in [-0.3, -0.25) is 0 Å². The molecule has 0 amide bonds. The SMILES string of the molecule is CCCCCCCCCCCCc1ccccc1S(=O)(=O)[O-].COc1ccccc1[S+](c1ccccc1)c1ccccc1. The van der Waals surface area contributed by atoms with E-state index in [1.165, 1.54) is 72.1 Å². The summed E-state index contributed by atoms with van der Waals surface area (Å²) in [5.74, 6) is 0.938. The molecule has 43 heavy (non-hydrogen) atoms. The number of hydrogen-bond acceptors (Lipinski definition) is 4. The highest BCUT2D eigenvalue weighted by atomic mass is 32.2. The molecule has 4 aromatic carbocycles. The van der Waals surface area contributed by atoms with Gasteiger partial charge >= 0.3 is 0 Å². The lowest BCUT2D eigenvalue weighted by Gasteiger charge is -2.12. The average Bonchev–Trinajstić information content (AvgIpc) is 3.03. The van der Waals surface area contributed by atoms with Crippen LogP contribution in [0.1, 0.15) is 76.7 Å². The summed E-state index contributed by atoms with van der Waals surface area (Å²) in [6.45, 7) is 2.23. The van der Waals surface area contributed by atoms with Crippen molar-refractivity contribution in [2.75, 3.05) is 7.11 Å². The Morgan fingerprint density at radius 3 is 1.60 bits per heavy atom. The van der Waals surface area contributed by atoms with Crippen LogP contribution in [0.4, 0.5) is 0 Å². The lowest BCUT2D eigenvalue weighted by Crippen LogP contribution is -2.06. The number of methoxy groups -OCH3 is 1. The second-order valence-electron chi connectivity index (χ2n) is 10.6. The molecule has 6 heteroatoms. The Morgan fingerprint density at radius 2 is 1.07 bits per heavy atom. The van der Waals surface area contributed by atoms with Crippen molar-refractivity contribution < 1.29 is 17.7 Å². The van der Waals surface area contributed by atoms with Crippen LogP contribution in [0.15, 0.2) is 129 Å². The number of unbranched alkanes of at least 4 members (excludes halogenated alkanes) is 9. The Morgan fingerprint density at radius 1 is 0.605 bits per heavy atom. The van der Waals surface area contributed by atoms with Crippen LogP contribution in [-0.2, 0) is 27.4 Å². The molecule has 0 bridgehead atoms. The van der Waals surface area contributed by atoms with Crippen LogP contribution < -0.4 is 4.74 Å². The van der Waals surface area contributed by atoms with Gasteiger partial charge in [0.15, 0.2) is 15.5 Å². The molecule has 0 saturated carbocycles.